The molecule has 0 saturated carbocycles. The van der Waals surface area contributed by atoms with Gasteiger partial charge < -0.3 is 10.9 Å². The largest absolute Gasteiger partial charge is 0.409 e. The third kappa shape index (κ3) is 3.80. The summed E-state index contributed by atoms with van der Waals surface area (Å²) in [5.74, 6) is 0.0857. The lowest BCUT2D eigenvalue weighted by molar-refractivity contribution is 0.318. The van der Waals surface area contributed by atoms with Crippen molar-refractivity contribution in [1.29, 1.82) is 0 Å². The van der Waals surface area contributed by atoms with Gasteiger partial charge in [-0.2, -0.15) is 0 Å². The number of rotatable bonds is 4. The fraction of sp³-hybridized carbons (Fsp3) is 0.0714. The van der Waals surface area contributed by atoms with Crippen molar-refractivity contribution in [2.24, 2.45) is 10.9 Å². The molecule has 0 spiro atoms. The molecule has 0 aromatic heterocycles. The molecule has 0 unspecified atom stereocenters. The summed E-state index contributed by atoms with van der Waals surface area (Å²) in [5, 5.41) is 13.1. The van der Waals surface area contributed by atoms with Crippen LogP contribution in [-0.4, -0.2) is 17.3 Å². The van der Waals surface area contributed by atoms with Crippen LogP contribution >= 0.6 is 46.7 Å². The minimum absolute atomic E-state index is 0.0857. The molecule has 0 aliphatic heterocycles. The summed E-state index contributed by atoms with van der Waals surface area (Å²) in [4.78, 5) is 2.75. The molecule has 3 N–H and O–H groups in total. The average Bonchev–Trinajstić information content (AvgIpc) is 2.50. The van der Waals surface area contributed by atoms with Gasteiger partial charge in [-0.25, -0.2) is 0 Å². The summed E-state index contributed by atoms with van der Waals surface area (Å²) in [6, 6.07) is 11.2. The van der Waals surface area contributed by atoms with Crippen LogP contribution in [0, 0.1) is 0 Å². The molecule has 0 radical (unpaired) electrons. The monoisotopic (exact) mass is 358 g/mol. The van der Waals surface area contributed by atoms with Crippen molar-refractivity contribution in [1.82, 2.24) is 0 Å². The lowest BCUT2D eigenvalue weighted by Crippen LogP contribution is -2.15. The van der Waals surface area contributed by atoms with E-state index >= 15 is 0 Å². The topological polar surface area (TPSA) is 58.6 Å². The molecule has 7 heteroatoms. The highest BCUT2D eigenvalue weighted by Gasteiger charge is 2.14. The molecule has 0 atom stereocenters. The van der Waals surface area contributed by atoms with E-state index in [1.165, 1.54) is 23.5 Å². The van der Waals surface area contributed by atoms with E-state index in [-0.39, 0.29) is 5.84 Å². The van der Waals surface area contributed by atoms with E-state index in [1.807, 2.05) is 30.5 Å². The van der Waals surface area contributed by atoms with Gasteiger partial charge in [0.1, 0.15) is 0 Å². The van der Waals surface area contributed by atoms with E-state index in [4.69, 9.17) is 34.1 Å². The summed E-state index contributed by atoms with van der Waals surface area (Å²) in [5.41, 5.74) is 6.52. The predicted molar refractivity (Wildman–Crippen MR) is 91.3 cm³/mol. The first-order valence-corrected chi connectivity index (χ1v) is 8.64. The van der Waals surface area contributed by atoms with Crippen LogP contribution in [0.5, 0.6) is 0 Å². The first-order chi connectivity index (χ1) is 10.1. The highest BCUT2D eigenvalue weighted by atomic mass is 35.5. The molecule has 2 aromatic carbocycles. The quantitative estimate of drug-likeness (QED) is 0.266. The number of halogens is 2. The zero-order valence-corrected chi connectivity index (χ0v) is 14.2. The second-order valence-electron chi connectivity index (χ2n) is 4.00. The van der Waals surface area contributed by atoms with Crippen LogP contribution in [0.25, 0.3) is 0 Å². The van der Waals surface area contributed by atoms with Crippen molar-refractivity contribution in [2.75, 3.05) is 6.26 Å². The van der Waals surface area contributed by atoms with Gasteiger partial charge in [-0.15, -0.1) is 11.8 Å². The third-order valence-corrected chi connectivity index (χ3v) is 5.26. The van der Waals surface area contributed by atoms with E-state index in [0.717, 1.165) is 14.7 Å². The van der Waals surface area contributed by atoms with Crippen LogP contribution in [0.3, 0.4) is 0 Å². The van der Waals surface area contributed by atoms with Gasteiger partial charge in [-0.05, 0) is 36.6 Å². The number of hydrogen-bond donors (Lipinski definition) is 2. The minimum Gasteiger partial charge on any atom is -0.409 e. The Morgan fingerprint density at radius 1 is 1.14 bits per heavy atom. The van der Waals surface area contributed by atoms with E-state index in [0.29, 0.717) is 15.6 Å². The van der Waals surface area contributed by atoms with Crippen molar-refractivity contribution in [2.45, 2.75) is 14.7 Å². The van der Waals surface area contributed by atoms with E-state index in [1.54, 1.807) is 12.1 Å². The van der Waals surface area contributed by atoms with Gasteiger partial charge in [-0.3, -0.25) is 0 Å². The van der Waals surface area contributed by atoms with E-state index in [9.17, 15) is 0 Å². The Morgan fingerprint density at radius 2 is 1.86 bits per heavy atom. The van der Waals surface area contributed by atoms with Crippen LogP contribution in [0.15, 0.2) is 56.2 Å². The van der Waals surface area contributed by atoms with Crippen LogP contribution in [0.1, 0.15) is 5.56 Å². The molecule has 3 nitrogen and oxygen atoms in total. The Kier molecular flexibility index (Phi) is 5.70. The predicted octanol–water partition coefficient (Wildman–Crippen LogP) is 4.96. The van der Waals surface area contributed by atoms with Crippen LogP contribution < -0.4 is 5.73 Å². The first-order valence-electron chi connectivity index (χ1n) is 5.84. The maximum Gasteiger partial charge on any atom is 0.172 e. The molecule has 2 rings (SSSR count). The van der Waals surface area contributed by atoms with Gasteiger partial charge >= 0.3 is 0 Å². The number of thioether (sulfide) groups is 1. The molecule has 0 heterocycles. The van der Waals surface area contributed by atoms with E-state index in [2.05, 4.69) is 5.16 Å². The zero-order chi connectivity index (χ0) is 15.4. The van der Waals surface area contributed by atoms with Crippen molar-refractivity contribution in [3.05, 3.63) is 52.0 Å². The van der Waals surface area contributed by atoms with Gasteiger partial charge in [0.2, 0.25) is 0 Å². The number of benzene rings is 2. The van der Waals surface area contributed by atoms with Crippen molar-refractivity contribution >= 4 is 52.6 Å². The second kappa shape index (κ2) is 7.31. The Morgan fingerprint density at radius 3 is 2.48 bits per heavy atom. The number of hydrogen-bond acceptors (Lipinski definition) is 4. The lowest BCUT2D eigenvalue weighted by Gasteiger charge is -2.12. The summed E-state index contributed by atoms with van der Waals surface area (Å²) >= 11 is 15.0. The summed E-state index contributed by atoms with van der Waals surface area (Å²) in [7, 11) is 0. The minimum atomic E-state index is 0.0857. The molecular formula is C14H12Cl2N2OS2. The third-order valence-electron chi connectivity index (χ3n) is 2.69. The fourth-order valence-corrected chi connectivity index (χ4v) is 3.83. The Labute approximate surface area is 141 Å². The smallest absolute Gasteiger partial charge is 0.172 e. The van der Waals surface area contributed by atoms with Gasteiger partial charge in [0.05, 0.1) is 10.0 Å². The van der Waals surface area contributed by atoms with Crippen molar-refractivity contribution in [3.63, 3.8) is 0 Å². The highest BCUT2D eigenvalue weighted by Crippen LogP contribution is 2.36. The summed E-state index contributed by atoms with van der Waals surface area (Å²) in [6.45, 7) is 0. The molecule has 2 aromatic rings. The first kappa shape index (κ1) is 16.4. The average molecular weight is 359 g/mol. The van der Waals surface area contributed by atoms with Gasteiger partial charge in [-0.1, -0.05) is 46.2 Å². The number of nitrogens with two attached hydrogens (primary N) is 1. The SMILES string of the molecule is CSc1cccc(Sc2ccc(Cl)c(Cl)c2)c1/C(N)=N/O. The maximum absolute atomic E-state index is 8.99. The molecule has 0 saturated heterocycles. The van der Waals surface area contributed by atoms with Crippen molar-refractivity contribution in [3.8, 4) is 0 Å². The Bertz CT molecular complexity index is 693. The van der Waals surface area contributed by atoms with Crippen LogP contribution in [0.2, 0.25) is 10.0 Å². The Hall–Kier alpha value is -1.01. The standard InChI is InChI=1S/C14H12Cl2N2OS2/c1-20-11-3-2-4-12(13(11)14(17)18-19)21-8-5-6-9(15)10(16)7-8/h2-7,19H,1H3,(H2,17,18). The summed E-state index contributed by atoms with van der Waals surface area (Å²) < 4.78 is 0. The summed E-state index contributed by atoms with van der Waals surface area (Å²) in [6.07, 6.45) is 1.94. The molecule has 21 heavy (non-hydrogen) atoms. The molecule has 0 aliphatic carbocycles. The van der Waals surface area contributed by atoms with Crippen LogP contribution in [-0.2, 0) is 0 Å². The zero-order valence-electron chi connectivity index (χ0n) is 11.0. The molecule has 0 fully saturated rings. The molecular weight excluding hydrogens is 347 g/mol. The number of amidine groups is 1. The van der Waals surface area contributed by atoms with E-state index < -0.39 is 0 Å². The molecule has 0 aliphatic rings. The highest BCUT2D eigenvalue weighted by molar-refractivity contribution is 8.00. The Balaban J connectivity index is 2.46. The van der Waals surface area contributed by atoms with Gasteiger partial charge in [0.25, 0.3) is 0 Å². The fourth-order valence-electron chi connectivity index (χ4n) is 1.74. The normalized spacial score (nSPS) is 11.7. The molecule has 0 bridgehead atoms. The molecule has 110 valence electrons. The second-order valence-corrected chi connectivity index (χ2v) is 6.77. The molecule has 0 amide bonds. The lowest BCUT2D eigenvalue weighted by atomic mass is 10.2. The van der Waals surface area contributed by atoms with Gasteiger partial charge in [0, 0.05) is 20.2 Å². The number of oxime groups is 1. The van der Waals surface area contributed by atoms with Gasteiger partial charge in [0.15, 0.2) is 5.84 Å². The number of nitrogens with zero attached hydrogens (tertiary/aromatic N) is 1. The van der Waals surface area contributed by atoms with Crippen LogP contribution in [0.4, 0.5) is 0 Å². The maximum atomic E-state index is 8.99. The van der Waals surface area contributed by atoms with Crippen molar-refractivity contribution < 1.29 is 5.21 Å².